The van der Waals surface area contributed by atoms with Crippen molar-refractivity contribution < 1.29 is 18.7 Å². The Hall–Kier alpha value is -2.50. The summed E-state index contributed by atoms with van der Waals surface area (Å²) in [6, 6.07) is 6.76. The highest BCUT2D eigenvalue weighted by Crippen LogP contribution is 2.17. The van der Waals surface area contributed by atoms with Gasteiger partial charge < -0.3 is 9.47 Å². The Morgan fingerprint density at radius 2 is 1.94 bits per heavy atom. The Balaban J connectivity index is 2.19. The second kappa shape index (κ2) is 5.22. The number of esters is 1. The first-order chi connectivity index (χ1) is 8.69. The minimum atomic E-state index is -0.582. The molecule has 0 fully saturated rings. The van der Waals surface area contributed by atoms with Gasteiger partial charge in [0.25, 0.3) is 0 Å². The van der Waals surface area contributed by atoms with E-state index in [0.717, 1.165) is 0 Å². The molecule has 0 aliphatic rings. The number of ether oxygens (including phenoxy) is 2. The second-order valence-electron chi connectivity index (χ2n) is 3.27. The molecular weight excluding hydrogens is 239 g/mol. The Morgan fingerprint density at radius 1 is 1.22 bits per heavy atom. The molecule has 0 aliphatic heterocycles. The first kappa shape index (κ1) is 12.0. The number of halogens is 1. The van der Waals surface area contributed by atoms with Gasteiger partial charge in [-0.15, -0.1) is 0 Å². The standard InChI is InChI=1S/C12H9FN2O3/c1-17-11(16)10-6-7-14-12(15-10)18-9-4-2-8(13)3-5-9/h2-7H,1H3. The Bertz CT molecular complexity index is 558. The van der Waals surface area contributed by atoms with E-state index >= 15 is 0 Å². The summed E-state index contributed by atoms with van der Waals surface area (Å²) >= 11 is 0. The first-order valence-corrected chi connectivity index (χ1v) is 5.04. The number of benzene rings is 1. The maximum absolute atomic E-state index is 12.7. The molecule has 0 atom stereocenters. The molecule has 2 aromatic rings. The number of aromatic nitrogens is 2. The quantitative estimate of drug-likeness (QED) is 0.779. The van der Waals surface area contributed by atoms with Gasteiger partial charge in [0.15, 0.2) is 5.69 Å². The number of hydrogen-bond acceptors (Lipinski definition) is 5. The van der Waals surface area contributed by atoms with Crippen LogP contribution in [-0.4, -0.2) is 23.0 Å². The highest BCUT2D eigenvalue weighted by molar-refractivity contribution is 5.86. The summed E-state index contributed by atoms with van der Waals surface area (Å²) in [5.41, 5.74) is 0.0876. The van der Waals surface area contributed by atoms with E-state index < -0.39 is 5.97 Å². The Morgan fingerprint density at radius 3 is 2.61 bits per heavy atom. The lowest BCUT2D eigenvalue weighted by atomic mass is 10.3. The van der Waals surface area contributed by atoms with Crippen molar-refractivity contribution in [2.75, 3.05) is 7.11 Å². The summed E-state index contributed by atoms with van der Waals surface area (Å²) in [6.07, 6.45) is 1.37. The fourth-order valence-electron chi connectivity index (χ4n) is 1.22. The van der Waals surface area contributed by atoms with E-state index in [1.165, 1.54) is 43.6 Å². The van der Waals surface area contributed by atoms with Gasteiger partial charge >= 0.3 is 12.0 Å². The van der Waals surface area contributed by atoms with Gasteiger partial charge in [0.05, 0.1) is 7.11 Å². The molecule has 0 spiro atoms. The molecule has 0 aliphatic carbocycles. The van der Waals surface area contributed by atoms with Crippen LogP contribution >= 0.6 is 0 Å². The maximum Gasteiger partial charge on any atom is 0.356 e. The van der Waals surface area contributed by atoms with Crippen LogP contribution < -0.4 is 4.74 Å². The summed E-state index contributed by atoms with van der Waals surface area (Å²) in [5, 5.41) is 0. The minimum absolute atomic E-state index is 0.00971. The summed E-state index contributed by atoms with van der Waals surface area (Å²) in [6.45, 7) is 0. The lowest BCUT2D eigenvalue weighted by Gasteiger charge is -2.04. The first-order valence-electron chi connectivity index (χ1n) is 5.04. The van der Waals surface area contributed by atoms with Crippen LogP contribution in [0.15, 0.2) is 36.5 Å². The summed E-state index contributed by atoms with van der Waals surface area (Å²) in [5.74, 6) is -0.577. The monoisotopic (exact) mass is 248 g/mol. The highest BCUT2D eigenvalue weighted by Gasteiger charge is 2.09. The zero-order valence-corrected chi connectivity index (χ0v) is 9.46. The van der Waals surface area contributed by atoms with Crippen molar-refractivity contribution >= 4 is 5.97 Å². The van der Waals surface area contributed by atoms with Crippen molar-refractivity contribution in [3.8, 4) is 11.8 Å². The van der Waals surface area contributed by atoms with Crippen LogP contribution in [0.25, 0.3) is 0 Å². The van der Waals surface area contributed by atoms with Crippen LogP contribution in [0.2, 0.25) is 0 Å². The van der Waals surface area contributed by atoms with Crippen LogP contribution in [0.1, 0.15) is 10.5 Å². The van der Waals surface area contributed by atoms with E-state index in [2.05, 4.69) is 14.7 Å². The zero-order chi connectivity index (χ0) is 13.0. The lowest BCUT2D eigenvalue weighted by molar-refractivity contribution is 0.0592. The molecule has 1 aromatic carbocycles. The molecule has 0 radical (unpaired) electrons. The number of rotatable bonds is 3. The molecule has 0 saturated carbocycles. The van der Waals surface area contributed by atoms with E-state index in [1.807, 2.05) is 0 Å². The number of methoxy groups -OCH3 is 1. The van der Waals surface area contributed by atoms with E-state index in [4.69, 9.17) is 4.74 Å². The smallest absolute Gasteiger partial charge is 0.356 e. The number of carbonyl (C=O) groups excluding carboxylic acids is 1. The summed E-state index contributed by atoms with van der Waals surface area (Å²) in [4.78, 5) is 18.9. The van der Waals surface area contributed by atoms with E-state index in [1.54, 1.807) is 0 Å². The molecule has 0 amide bonds. The van der Waals surface area contributed by atoms with Crippen molar-refractivity contribution in [2.24, 2.45) is 0 Å². The molecule has 1 heterocycles. The van der Waals surface area contributed by atoms with Crippen LogP contribution in [0, 0.1) is 5.82 Å². The number of carbonyl (C=O) groups is 1. The summed E-state index contributed by atoms with van der Waals surface area (Å²) in [7, 11) is 1.25. The minimum Gasteiger partial charge on any atom is -0.464 e. The van der Waals surface area contributed by atoms with Crippen molar-refractivity contribution in [2.45, 2.75) is 0 Å². The second-order valence-corrected chi connectivity index (χ2v) is 3.27. The average Bonchev–Trinajstić information content (AvgIpc) is 2.41. The van der Waals surface area contributed by atoms with E-state index in [9.17, 15) is 9.18 Å². The number of hydrogen-bond donors (Lipinski definition) is 0. The van der Waals surface area contributed by atoms with Crippen molar-refractivity contribution in [1.29, 1.82) is 0 Å². The van der Waals surface area contributed by atoms with Gasteiger partial charge in [-0.3, -0.25) is 0 Å². The van der Waals surface area contributed by atoms with Gasteiger partial charge in [-0.05, 0) is 30.3 Å². The third-order valence-corrected chi connectivity index (χ3v) is 2.05. The van der Waals surface area contributed by atoms with Crippen LogP contribution in [-0.2, 0) is 4.74 Å². The van der Waals surface area contributed by atoms with Crippen molar-refractivity contribution in [3.05, 3.63) is 48.0 Å². The van der Waals surface area contributed by atoms with Crippen molar-refractivity contribution in [1.82, 2.24) is 9.97 Å². The molecular formula is C12H9FN2O3. The molecule has 2 rings (SSSR count). The van der Waals surface area contributed by atoms with Gasteiger partial charge in [0, 0.05) is 6.20 Å². The molecule has 5 nitrogen and oxygen atoms in total. The Kier molecular flexibility index (Phi) is 3.47. The molecule has 0 saturated heterocycles. The zero-order valence-electron chi connectivity index (χ0n) is 9.46. The molecule has 92 valence electrons. The van der Waals surface area contributed by atoms with Crippen LogP contribution in [0.5, 0.6) is 11.8 Å². The van der Waals surface area contributed by atoms with Crippen molar-refractivity contribution in [3.63, 3.8) is 0 Å². The van der Waals surface area contributed by atoms with Gasteiger partial charge in [0.1, 0.15) is 11.6 Å². The van der Waals surface area contributed by atoms with Gasteiger partial charge in [-0.1, -0.05) is 0 Å². The SMILES string of the molecule is COC(=O)c1ccnc(Oc2ccc(F)cc2)n1. The normalized spacial score (nSPS) is 9.89. The third kappa shape index (κ3) is 2.79. The lowest BCUT2D eigenvalue weighted by Crippen LogP contribution is -2.05. The number of nitrogens with zero attached hydrogens (tertiary/aromatic N) is 2. The van der Waals surface area contributed by atoms with Crippen LogP contribution in [0.4, 0.5) is 4.39 Å². The molecule has 6 heteroatoms. The molecule has 18 heavy (non-hydrogen) atoms. The largest absolute Gasteiger partial charge is 0.464 e. The van der Waals surface area contributed by atoms with Gasteiger partial charge in [-0.2, -0.15) is 4.98 Å². The fraction of sp³-hybridized carbons (Fsp3) is 0.0833. The van der Waals surface area contributed by atoms with E-state index in [0.29, 0.717) is 5.75 Å². The molecule has 0 N–H and O–H groups in total. The Labute approximate surface area is 102 Å². The summed E-state index contributed by atoms with van der Waals surface area (Å²) < 4.78 is 22.5. The topological polar surface area (TPSA) is 61.3 Å². The van der Waals surface area contributed by atoms with Gasteiger partial charge in [0.2, 0.25) is 0 Å². The van der Waals surface area contributed by atoms with Crippen LogP contribution in [0.3, 0.4) is 0 Å². The van der Waals surface area contributed by atoms with E-state index in [-0.39, 0.29) is 17.5 Å². The van der Waals surface area contributed by atoms with Gasteiger partial charge in [-0.25, -0.2) is 14.2 Å². The predicted molar refractivity (Wildman–Crippen MR) is 59.8 cm³/mol. The molecule has 0 bridgehead atoms. The molecule has 0 unspecified atom stereocenters. The highest BCUT2D eigenvalue weighted by atomic mass is 19.1. The fourth-order valence-corrected chi connectivity index (χ4v) is 1.22. The third-order valence-electron chi connectivity index (χ3n) is 2.05. The average molecular weight is 248 g/mol. The maximum atomic E-state index is 12.7. The predicted octanol–water partition coefficient (Wildman–Crippen LogP) is 2.19. The molecule has 1 aromatic heterocycles.